The second-order valence-corrected chi connectivity index (χ2v) is 5.76. The molecule has 0 saturated heterocycles. The molecule has 2 rings (SSSR count). The molecule has 0 saturated carbocycles. The molecule has 0 atom stereocenters. The quantitative estimate of drug-likeness (QED) is 0.409. The predicted molar refractivity (Wildman–Crippen MR) is 82.1 cm³/mol. The fraction of sp³-hybridized carbons (Fsp3) is 0.143. The van der Waals surface area contributed by atoms with E-state index >= 15 is 0 Å². The molecule has 1 aromatic heterocycles. The molecular formula is C14H14NO7P. The van der Waals surface area contributed by atoms with E-state index in [0.717, 1.165) is 0 Å². The van der Waals surface area contributed by atoms with E-state index < -0.39 is 13.4 Å². The van der Waals surface area contributed by atoms with Crippen molar-refractivity contribution in [3.8, 4) is 5.75 Å². The maximum absolute atomic E-state index is 11.8. The van der Waals surface area contributed by atoms with Crippen LogP contribution in [-0.2, 0) is 15.8 Å². The summed E-state index contributed by atoms with van der Waals surface area (Å²) < 4.78 is 20.3. The molecule has 1 aromatic carbocycles. The Morgan fingerprint density at radius 2 is 2.13 bits per heavy atom. The van der Waals surface area contributed by atoms with Gasteiger partial charge in [0.2, 0.25) is 5.91 Å². The van der Waals surface area contributed by atoms with Gasteiger partial charge in [0.1, 0.15) is 11.3 Å². The summed E-state index contributed by atoms with van der Waals surface area (Å²) in [6.07, 6.45) is 1.48. The van der Waals surface area contributed by atoms with Crippen LogP contribution in [-0.4, -0.2) is 22.2 Å². The first-order valence-electron chi connectivity index (χ1n) is 6.48. The summed E-state index contributed by atoms with van der Waals surface area (Å²) in [4.78, 5) is 40.9. The van der Waals surface area contributed by atoms with Crippen LogP contribution < -0.4 is 15.5 Å². The summed E-state index contributed by atoms with van der Waals surface area (Å²) in [6.45, 7) is 3.79. The van der Waals surface area contributed by atoms with Crippen LogP contribution in [0, 0.1) is 0 Å². The van der Waals surface area contributed by atoms with Gasteiger partial charge in [-0.1, -0.05) is 6.08 Å². The molecule has 2 aromatic rings. The summed E-state index contributed by atoms with van der Waals surface area (Å²) in [5.74, 6) is -0.449. The molecule has 0 radical (unpaired) electrons. The van der Waals surface area contributed by atoms with Gasteiger partial charge in [-0.05, 0) is 17.7 Å². The third-order valence-corrected chi connectivity index (χ3v) is 3.27. The molecule has 1 amide bonds. The van der Waals surface area contributed by atoms with E-state index in [0.29, 0.717) is 17.5 Å². The van der Waals surface area contributed by atoms with Crippen LogP contribution in [0.15, 0.2) is 46.1 Å². The molecule has 23 heavy (non-hydrogen) atoms. The minimum atomic E-state index is -4.72. The average molecular weight is 339 g/mol. The summed E-state index contributed by atoms with van der Waals surface area (Å²) in [7, 11) is -4.72. The Kier molecular flexibility index (Phi) is 5.00. The topological polar surface area (TPSA) is 126 Å². The second kappa shape index (κ2) is 6.78. The van der Waals surface area contributed by atoms with Crippen LogP contribution in [0.3, 0.4) is 0 Å². The monoisotopic (exact) mass is 339 g/mol. The van der Waals surface area contributed by atoms with Crippen LogP contribution in [0.4, 0.5) is 0 Å². The largest absolute Gasteiger partial charge is 0.524 e. The molecule has 0 fully saturated rings. The van der Waals surface area contributed by atoms with Crippen LogP contribution in [0.25, 0.3) is 11.0 Å². The number of nitrogens with one attached hydrogen (secondary N) is 1. The molecule has 0 unspecified atom stereocenters. The number of carbonyl (C=O) groups is 1. The average Bonchev–Trinajstić information content (AvgIpc) is 2.42. The first-order valence-corrected chi connectivity index (χ1v) is 8.01. The summed E-state index contributed by atoms with van der Waals surface area (Å²) in [5.41, 5.74) is -0.187. The highest BCUT2D eigenvalue weighted by atomic mass is 31.2. The minimum absolute atomic E-state index is 0.0470. The molecule has 0 aliphatic rings. The third kappa shape index (κ3) is 4.79. The van der Waals surface area contributed by atoms with Gasteiger partial charge in [0.25, 0.3) is 0 Å². The van der Waals surface area contributed by atoms with Gasteiger partial charge in [0.15, 0.2) is 0 Å². The molecule has 0 aliphatic carbocycles. The Labute approximate surface area is 130 Å². The van der Waals surface area contributed by atoms with Crippen molar-refractivity contribution in [1.82, 2.24) is 5.32 Å². The van der Waals surface area contributed by atoms with E-state index in [1.807, 2.05) is 0 Å². The van der Waals surface area contributed by atoms with Crippen molar-refractivity contribution in [2.45, 2.75) is 6.42 Å². The maximum atomic E-state index is 11.8. The highest BCUT2D eigenvalue weighted by molar-refractivity contribution is 7.46. The van der Waals surface area contributed by atoms with Gasteiger partial charge in [-0.15, -0.1) is 6.58 Å². The van der Waals surface area contributed by atoms with Crippen molar-refractivity contribution in [2.24, 2.45) is 0 Å². The number of carbonyl (C=O) groups excluding carboxylic acids is 1. The van der Waals surface area contributed by atoms with Crippen LogP contribution in [0.2, 0.25) is 0 Å². The first kappa shape index (κ1) is 17.0. The van der Waals surface area contributed by atoms with Gasteiger partial charge >= 0.3 is 13.4 Å². The number of hydrogen-bond acceptors (Lipinski definition) is 5. The Morgan fingerprint density at radius 1 is 1.39 bits per heavy atom. The van der Waals surface area contributed by atoms with Gasteiger partial charge < -0.3 is 14.3 Å². The minimum Gasteiger partial charge on any atom is -0.423 e. The lowest BCUT2D eigenvalue weighted by molar-refractivity contribution is -0.120. The fourth-order valence-corrected chi connectivity index (χ4v) is 2.36. The summed E-state index contributed by atoms with van der Waals surface area (Å²) in [5, 5.41) is 3.06. The zero-order valence-corrected chi connectivity index (χ0v) is 12.8. The van der Waals surface area contributed by atoms with Crippen molar-refractivity contribution in [1.29, 1.82) is 0 Å². The van der Waals surface area contributed by atoms with Gasteiger partial charge in [-0.25, -0.2) is 9.36 Å². The second-order valence-electron chi connectivity index (χ2n) is 4.60. The number of phosphoric ester groups is 1. The van der Waals surface area contributed by atoms with Gasteiger partial charge in [-0.2, -0.15) is 0 Å². The molecule has 9 heteroatoms. The lowest BCUT2D eigenvalue weighted by Gasteiger charge is -2.09. The lowest BCUT2D eigenvalue weighted by atomic mass is 10.1. The molecule has 0 aliphatic heterocycles. The highest BCUT2D eigenvalue weighted by Gasteiger charge is 2.17. The van der Waals surface area contributed by atoms with Crippen molar-refractivity contribution in [3.63, 3.8) is 0 Å². The van der Waals surface area contributed by atoms with Gasteiger partial charge in [-0.3, -0.25) is 14.6 Å². The lowest BCUT2D eigenvalue weighted by Crippen LogP contribution is -2.25. The van der Waals surface area contributed by atoms with Gasteiger partial charge in [0.05, 0.1) is 6.42 Å². The molecule has 3 N–H and O–H groups in total. The maximum Gasteiger partial charge on any atom is 0.524 e. The van der Waals surface area contributed by atoms with E-state index in [2.05, 4.69) is 16.4 Å². The van der Waals surface area contributed by atoms with Crippen molar-refractivity contribution >= 4 is 24.7 Å². The van der Waals surface area contributed by atoms with E-state index in [1.54, 1.807) is 0 Å². The van der Waals surface area contributed by atoms with Crippen LogP contribution in [0.5, 0.6) is 5.75 Å². The zero-order chi connectivity index (χ0) is 17.0. The number of rotatable bonds is 6. The van der Waals surface area contributed by atoms with E-state index in [-0.39, 0.29) is 23.7 Å². The Balaban J connectivity index is 2.39. The highest BCUT2D eigenvalue weighted by Crippen LogP contribution is 2.38. The number of amides is 1. The Bertz CT molecular complexity index is 852. The van der Waals surface area contributed by atoms with E-state index in [9.17, 15) is 14.2 Å². The van der Waals surface area contributed by atoms with E-state index in [4.69, 9.17) is 14.2 Å². The van der Waals surface area contributed by atoms with Crippen LogP contribution in [0.1, 0.15) is 5.56 Å². The predicted octanol–water partition coefficient (Wildman–Crippen LogP) is 1.11. The number of hydrogen-bond donors (Lipinski definition) is 3. The normalized spacial score (nSPS) is 11.2. The molecule has 0 spiro atoms. The standard InChI is InChI=1S/C14H14NO7P/c1-2-5-15-13(16)6-9-7-14(17)21-12-8-10(3-4-11(9)12)22-23(18,19)20/h2-4,7-8H,1,5-6H2,(H,15,16)(H2,18,19,20). The van der Waals surface area contributed by atoms with Crippen molar-refractivity contribution in [2.75, 3.05) is 6.54 Å². The van der Waals surface area contributed by atoms with E-state index in [1.165, 1.54) is 30.3 Å². The summed E-state index contributed by atoms with van der Waals surface area (Å²) >= 11 is 0. The van der Waals surface area contributed by atoms with Gasteiger partial charge in [0, 0.05) is 24.1 Å². The molecule has 122 valence electrons. The van der Waals surface area contributed by atoms with Crippen molar-refractivity contribution in [3.05, 3.63) is 52.9 Å². The number of benzene rings is 1. The molecule has 1 heterocycles. The Hall–Kier alpha value is -2.41. The fourth-order valence-electron chi connectivity index (χ4n) is 1.97. The smallest absolute Gasteiger partial charge is 0.423 e. The molecule has 8 nitrogen and oxygen atoms in total. The number of fused-ring (bicyclic) bond motifs is 1. The number of phosphoric acid groups is 1. The van der Waals surface area contributed by atoms with Crippen LogP contribution >= 0.6 is 7.82 Å². The molecule has 0 bridgehead atoms. The third-order valence-electron chi connectivity index (χ3n) is 2.82. The summed E-state index contributed by atoms with van der Waals surface area (Å²) in [6, 6.07) is 5.15. The zero-order valence-electron chi connectivity index (χ0n) is 11.9. The van der Waals surface area contributed by atoms with Crippen molar-refractivity contribution < 1.29 is 28.1 Å². The first-order chi connectivity index (χ1) is 10.8. The Morgan fingerprint density at radius 3 is 2.78 bits per heavy atom. The molecular weight excluding hydrogens is 325 g/mol. The SMILES string of the molecule is C=CCNC(=O)Cc1cc(=O)oc2cc(OP(=O)(O)O)ccc12.